The van der Waals surface area contributed by atoms with Crippen LogP contribution < -0.4 is 0 Å². The number of hydrogen-bond acceptors (Lipinski definition) is 7. The van der Waals surface area contributed by atoms with Crippen LogP contribution >= 0.6 is 0 Å². The van der Waals surface area contributed by atoms with Crippen molar-refractivity contribution in [3.63, 3.8) is 0 Å². The van der Waals surface area contributed by atoms with Crippen LogP contribution in [0.2, 0.25) is 0 Å². The first kappa shape index (κ1) is 16.2. The Balaban J connectivity index is 1.27. The molecule has 5 rings (SSSR count). The van der Waals surface area contributed by atoms with Gasteiger partial charge in [0.15, 0.2) is 11.5 Å². The average molecular weight is 368 g/mol. The van der Waals surface area contributed by atoms with Crippen molar-refractivity contribution in [3.8, 4) is 11.6 Å². The molecule has 3 aromatic rings. The van der Waals surface area contributed by atoms with Crippen molar-refractivity contribution in [2.75, 3.05) is 13.1 Å². The molecule has 1 saturated carbocycles. The quantitative estimate of drug-likeness (QED) is 0.726. The molecule has 2 aliphatic rings. The summed E-state index contributed by atoms with van der Waals surface area (Å²) in [6.07, 6.45) is 5.67. The van der Waals surface area contributed by atoms with Crippen molar-refractivity contribution < 1.29 is 9.32 Å². The molecule has 140 valence electrons. The van der Waals surface area contributed by atoms with Gasteiger partial charge >= 0.3 is 0 Å². The van der Waals surface area contributed by atoms with E-state index in [1.54, 1.807) is 10.9 Å². The lowest BCUT2D eigenvalue weighted by Crippen LogP contribution is -2.29. The van der Waals surface area contributed by atoms with Crippen LogP contribution in [0.3, 0.4) is 0 Å². The number of aryl methyl sites for hydroxylation is 1. The maximum absolute atomic E-state index is 12.7. The van der Waals surface area contributed by atoms with Gasteiger partial charge < -0.3 is 9.42 Å². The molecule has 2 fully saturated rings. The molecule has 1 amide bonds. The summed E-state index contributed by atoms with van der Waals surface area (Å²) in [6, 6.07) is 1.97. The van der Waals surface area contributed by atoms with Crippen LogP contribution in [0.25, 0.3) is 11.6 Å². The van der Waals surface area contributed by atoms with Gasteiger partial charge in [0.1, 0.15) is 5.69 Å². The van der Waals surface area contributed by atoms with Crippen molar-refractivity contribution in [2.45, 2.75) is 44.6 Å². The lowest BCUT2D eigenvalue weighted by molar-refractivity contribution is 0.0781. The summed E-state index contributed by atoms with van der Waals surface area (Å²) in [5.74, 6) is 1.53. The molecule has 0 unspecified atom stereocenters. The largest absolute Gasteiger partial charge is 0.335 e. The smallest absolute Gasteiger partial charge is 0.280 e. The van der Waals surface area contributed by atoms with Gasteiger partial charge in [-0.2, -0.15) is 10.1 Å². The fourth-order valence-electron chi connectivity index (χ4n) is 3.41. The van der Waals surface area contributed by atoms with E-state index >= 15 is 0 Å². The molecule has 1 aliphatic carbocycles. The molecule has 1 N–H and O–H groups in total. The zero-order chi connectivity index (χ0) is 18.4. The molecule has 1 atom stereocenters. The molecule has 0 bridgehead atoms. The molecule has 10 heteroatoms. The Hall–Kier alpha value is -3.04. The van der Waals surface area contributed by atoms with Gasteiger partial charge in [-0.1, -0.05) is 17.3 Å². The number of amides is 1. The number of carbonyl (C=O) groups excluding carboxylic acids is 1. The molecule has 1 saturated heterocycles. The van der Waals surface area contributed by atoms with Crippen LogP contribution in [-0.2, 0) is 6.42 Å². The number of carbonyl (C=O) groups is 1. The molecule has 0 radical (unpaired) electrons. The van der Waals surface area contributed by atoms with E-state index in [4.69, 9.17) is 4.52 Å². The minimum Gasteiger partial charge on any atom is -0.335 e. The number of H-pyrrole nitrogens is 1. The molecule has 10 nitrogen and oxygen atoms in total. The van der Waals surface area contributed by atoms with Crippen molar-refractivity contribution in [3.05, 3.63) is 29.5 Å². The minimum atomic E-state index is -0.0366. The zero-order valence-corrected chi connectivity index (χ0v) is 15.0. The maximum Gasteiger partial charge on any atom is 0.280 e. The third-order valence-corrected chi connectivity index (χ3v) is 5.17. The monoisotopic (exact) mass is 368 g/mol. The van der Waals surface area contributed by atoms with Gasteiger partial charge in [-0.25, -0.2) is 4.68 Å². The normalized spacial score (nSPS) is 19.7. The second-order valence-electron chi connectivity index (χ2n) is 7.13. The summed E-state index contributed by atoms with van der Waals surface area (Å²) in [4.78, 5) is 18.8. The number of nitrogens with zero attached hydrogens (tertiary/aromatic N) is 7. The van der Waals surface area contributed by atoms with Gasteiger partial charge in [-0.05, 0) is 25.3 Å². The average Bonchev–Trinajstić information content (AvgIpc) is 3.21. The number of rotatable bonds is 5. The summed E-state index contributed by atoms with van der Waals surface area (Å²) in [5.41, 5.74) is 2.11. The summed E-state index contributed by atoms with van der Waals surface area (Å²) >= 11 is 0. The molecule has 4 heterocycles. The Labute approximate surface area is 154 Å². The van der Waals surface area contributed by atoms with Gasteiger partial charge in [0.25, 0.3) is 11.8 Å². The highest BCUT2D eigenvalue weighted by Crippen LogP contribution is 2.39. The van der Waals surface area contributed by atoms with Crippen LogP contribution in [0.4, 0.5) is 0 Å². The van der Waals surface area contributed by atoms with E-state index in [2.05, 4.69) is 30.7 Å². The first-order valence-corrected chi connectivity index (χ1v) is 9.30. The second kappa shape index (κ2) is 6.29. The maximum atomic E-state index is 12.7. The molecule has 3 aromatic heterocycles. The lowest BCUT2D eigenvalue weighted by atomic mass is 10.2. The molecule has 27 heavy (non-hydrogen) atoms. The SMILES string of the molecule is CCc1noc(-c2cn([C@@H]3CCN(C(=O)c4cc(C5CC5)[nH]n4)C3)nn2)n1. The molecular weight excluding hydrogens is 348 g/mol. The van der Waals surface area contributed by atoms with Crippen LogP contribution in [0.5, 0.6) is 0 Å². The minimum absolute atomic E-state index is 0.0366. The van der Waals surface area contributed by atoms with Crippen molar-refractivity contribution in [1.82, 2.24) is 40.2 Å². The van der Waals surface area contributed by atoms with Crippen LogP contribution in [0, 0.1) is 0 Å². The lowest BCUT2D eigenvalue weighted by Gasteiger charge is -2.14. The predicted octanol–water partition coefficient (Wildman–Crippen LogP) is 1.58. The Morgan fingerprint density at radius 2 is 2.26 bits per heavy atom. The summed E-state index contributed by atoms with van der Waals surface area (Å²) in [6.45, 7) is 3.21. The molecule has 1 aliphatic heterocycles. The van der Waals surface area contributed by atoms with Gasteiger partial charge in [0, 0.05) is 31.1 Å². The van der Waals surface area contributed by atoms with Gasteiger partial charge in [-0.15, -0.1) is 5.10 Å². The zero-order valence-electron chi connectivity index (χ0n) is 15.0. The highest BCUT2D eigenvalue weighted by molar-refractivity contribution is 5.92. The third-order valence-electron chi connectivity index (χ3n) is 5.17. The standard InChI is InChI=1S/C17H20N8O2/c1-2-15-18-16(27-22-15)14-9-25(23-21-14)11-5-6-24(8-11)17(26)13-7-12(19-20-13)10-3-4-10/h7,9-11H,2-6,8H2,1H3,(H,19,20)/t11-/m1/s1. The van der Waals surface area contributed by atoms with E-state index in [0.717, 1.165) is 12.1 Å². The van der Waals surface area contributed by atoms with E-state index in [-0.39, 0.29) is 11.9 Å². The van der Waals surface area contributed by atoms with E-state index in [9.17, 15) is 4.79 Å². The Bertz CT molecular complexity index is 969. The van der Waals surface area contributed by atoms with E-state index in [0.29, 0.717) is 48.5 Å². The van der Waals surface area contributed by atoms with Crippen molar-refractivity contribution in [2.24, 2.45) is 0 Å². The van der Waals surface area contributed by atoms with Gasteiger partial charge in [0.2, 0.25) is 0 Å². The number of aromatic nitrogens is 7. The summed E-state index contributed by atoms with van der Waals surface area (Å²) < 4.78 is 6.98. The Morgan fingerprint density at radius 1 is 1.37 bits per heavy atom. The first-order chi connectivity index (χ1) is 13.2. The summed E-state index contributed by atoms with van der Waals surface area (Å²) in [7, 11) is 0. The number of aromatic amines is 1. The van der Waals surface area contributed by atoms with Crippen LogP contribution in [0.15, 0.2) is 16.8 Å². The first-order valence-electron chi connectivity index (χ1n) is 9.30. The molecule has 0 spiro atoms. The van der Waals surface area contributed by atoms with Gasteiger partial charge in [0.05, 0.1) is 12.2 Å². The predicted molar refractivity (Wildman–Crippen MR) is 92.8 cm³/mol. The van der Waals surface area contributed by atoms with Crippen LogP contribution in [-0.4, -0.2) is 59.2 Å². The number of nitrogens with one attached hydrogen (secondary N) is 1. The van der Waals surface area contributed by atoms with Crippen molar-refractivity contribution >= 4 is 5.91 Å². The van der Waals surface area contributed by atoms with E-state index in [1.165, 1.54) is 12.8 Å². The summed E-state index contributed by atoms with van der Waals surface area (Å²) in [5, 5.41) is 19.4. The highest BCUT2D eigenvalue weighted by atomic mass is 16.5. The van der Waals surface area contributed by atoms with E-state index in [1.807, 2.05) is 17.9 Å². The topological polar surface area (TPSA) is 119 Å². The Morgan fingerprint density at radius 3 is 3.04 bits per heavy atom. The third kappa shape index (κ3) is 3.00. The molecule has 0 aromatic carbocycles. The van der Waals surface area contributed by atoms with E-state index < -0.39 is 0 Å². The second-order valence-corrected chi connectivity index (χ2v) is 7.13. The number of likely N-dealkylation sites (tertiary alicyclic amines) is 1. The van der Waals surface area contributed by atoms with Crippen LogP contribution in [0.1, 0.15) is 60.2 Å². The fourth-order valence-corrected chi connectivity index (χ4v) is 3.41. The van der Waals surface area contributed by atoms with Crippen molar-refractivity contribution in [1.29, 1.82) is 0 Å². The number of hydrogen-bond donors (Lipinski definition) is 1. The van der Waals surface area contributed by atoms with Gasteiger partial charge in [-0.3, -0.25) is 9.89 Å². The molecular formula is C17H20N8O2. The fraction of sp³-hybridized carbons (Fsp3) is 0.529. The highest BCUT2D eigenvalue weighted by Gasteiger charge is 2.32. The Kier molecular flexibility index (Phi) is 3.76.